The lowest BCUT2D eigenvalue weighted by Crippen LogP contribution is -2.25. The average Bonchev–Trinajstić information content (AvgIpc) is 2.90. The maximum absolute atomic E-state index is 8.87. The van der Waals surface area contributed by atoms with E-state index < -0.39 is 0 Å². The largest absolute Gasteiger partial charge is 0.383 e. The van der Waals surface area contributed by atoms with Crippen LogP contribution in [-0.2, 0) is 6.54 Å². The molecule has 2 aromatic carbocycles. The van der Waals surface area contributed by atoms with Gasteiger partial charge in [-0.1, -0.05) is 29.8 Å². The summed E-state index contributed by atoms with van der Waals surface area (Å²) < 4.78 is 0. The minimum Gasteiger partial charge on any atom is -0.383 e. The van der Waals surface area contributed by atoms with Crippen LogP contribution in [0.1, 0.15) is 17.5 Å². The molecule has 1 aliphatic heterocycles. The topological polar surface area (TPSA) is 52.0 Å². The summed E-state index contributed by atoms with van der Waals surface area (Å²) in [6.45, 7) is 4.56. The van der Waals surface area contributed by atoms with Gasteiger partial charge in [0.05, 0.1) is 18.0 Å². The van der Waals surface area contributed by atoms with Crippen molar-refractivity contribution in [2.75, 3.05) is 29.1 Å². The molecule has 0 saturated heterocycles. The van der Waals surface area contributed by atoms with Crippen molar-refractivity contribution in [3.05, 3.63) is 59.7 Å². The molecule has 0 fully saturated rings. The molecule has 0 atom stereocenters. The number of benzene rings is 2. The first-order valence-corrected chi connectivity index (χ1v) is 10.2. The van der Waals surface area contributed by atoms with Crippen molar-refractivity contribution in [1.29, 1.82) is 5.26 Å². The SMILES string of the molecule is Cc1ccc2nc(N3CCSc4ccccc4C3)cc(NCCC#N)c2c1. The number of anilines is 2. The van der Waals surface area contributed by atoms with Crippen molar-refractivity contribution in [3.63, 3.8) is 0 Å². The number of pyridine rings is 1. The molecule has 2 heterocycles. The van der Waals surface area contributed by atoms with Gasteiger partial charge >= 0.3 is 0 Å². The molecule has 0 aliphatic carbocycles. The third-order valence-electron chi connectivity index (χ3n) is 4.78. The van der Waals surface area contributed by atoms with E-state index in [-0.39, 0.29) is 0 Å². The highest BCUT2D eigenvalue weighted by Crippen LogP contribution is 2.32. The maximum atomic E-state index is 8.87. The number of aryl methyl sites for hydroxylation is 1. The van der Waals surface area contributed by atoms with Crippen LogP contribution in [0.15, 0.2) is 53.4 Å². The molecule has 0 unspecified atom stereocenters. The minimum absolute atomic E-state index is 0.485. The average molecular weight is 375 g/mol. The van der Waals surface area contributed by atoms with Crippen LogP contribution in [0.5, 0.6) is 0 Å². The summed E-state index contributed by atoms with van der Waals surface area (Å²) in [5, 5.41) is 13.4. The van der Waals surface area contributed by atoms with Gasteiger partial charge in [0.2, 0.25) is 0 Å². The summed E-state index contributed by atoms with van der Waals surface area (Å²) >= 11 is 1.91. The number of hydrogen-bond acceptors (Lipinski definition) is 5. The van der Waals surface area contributed by atoms with Crippen LogP contribution >= 0.6 is 11.8 Å². The van der Waals surface area contributed by atoms with Crippen molar-refractivity contribution < 1.29 is 0 Å². The lowest BCUT2D eigenvalue weighted by Gasteiger charge is -2.23. The molecule has 136 valence electrons. The highest BCUT2D eigenvalue weighted by Gasteiger charge is 2.17. The number of aromatic nitrogens is 1. The Hall–Kier alpha value is -2.71. The molecular formula is C22H22N4S. The Balaban J connectivity index is 1.73. The van der Waals surface area contributed by atoms with Crippen LogP contribution in [0.2, 0.25) is 0 Å². The highest BCUT2D eigenvalue weighted by atomic mass is 32.2. The van der Waals surface area contributed by atoms with E-state index in [1.165, 1.54) is 16.0 Å². The number of hydrogen-bond donors (Lipinski definition) is 1. The Labute approximate surface area is 164 Å². The van der Waals surface area contributed by atoms with E-state index in [0.29, 0.717) is 13.0 Å². The number of nitrogens with one attached hydrogen (secondary N) is 1. The van der Waals surface area contributed by atoms with E-state index in [1.54, 1.807) is 0 Å². The quantitative estimate of drug-likeness (QED) is 0.653. The Kier molecular flexibility index (Phi) is 5.17. The van der Waals surface area contributed by atoms with Crippen LogP contribution in [0.3, 0.4) is 0 Å². The zero-order valence-corrected chi connectivity index (χ0v) is 16.2. The molecule has 4 nitrogen and oxygen atoms in total. The second-order valence-electron chi connectivity index (χ2n) is 6.76. The molecule has 0 radical (unpaired) electrons. The molecule has 27 heavy (non-hydrogen) atoms. The summed E-state index contributed by atoms with van der Waals surface area (Å²) in [5.41, 5.74) is 4.60. The smallest absolute Gasteiger partial charge is 0.131 e. The molecule has 1 N–H and O–H groups in total. The van der Waals surface area contributed by atoms with Crippen molar-refractivity contribution >= 4 is 34.2 Å². The van der Waals surface area contributed by atoms with Gasteiger partial charge in [-0.25, -0.2) is 4.98 Å². The van der Waals surface area contributed by atoms with Gasteiger partial charge in [-0.2, -0.15) is 5.26 Å². The molecule has 0 spiro atoms. The normalized spacial score (nSPS) is 13.7. The van der Waals surface area contributed by atoms with Crippen LogP contribution in [0.25, 0.3) is 10.9 Å². The molecule has 0 amide bonds. The van der Waals surface area contributed by atoms with Gasteiger partial charge < -0.3 is 10.2 Å². The fraction of sp³-hybridized carbons (Fsp3) is 0.273. The standard InChI is InChI=1S/C22H22N4S/c1-16-7-8-19-18(13-16)20(24-10-4-9-23)14-22(25-19)26-11-12-27-21-6-3-2-5-17(21)15-26/h2-3,5-8,13-14H,4,10-12,15H2,1H3,(H,24,25). The number of nitriles is 1. The van der Waals surface area contributed by atoms with E-state index in [2.05, 4.69) is 71.7 Å². The molecule has 1 aromatic heterocycles. The monoisotopic (exact) mass is 374 g/mol. The lowest BCUT2D eigenvalue weighted by molar-refractivity contribution is 0.821. The number of nitrogens with zero attached hydrogens (tertiary/aromatic N) is 3. The first kappa shape index (κ1) is 17.7. The molecular weight excluding hydrogens is 352 g/mol. The van der Waals surface area contributed by atoms with Crippen molar-refractivity contribution in [2.45, 2.75) is 24.8 Å². The zero-order chi connectivity index (χ0) is 18.6. The van der Waals surface area contributed by atoms with Gasteiger partial charge in [0.15, 0.2) is 0 Å². The Bertz CT molecular complexity index is 1010. The summed E-state index contributed by atoms with van der Waals surface area (Å²) in [7, 11) is 0. The molecule has 0 bridgehead atoms. The molecule has 0 saturated carbocycles. The van der Waals surface area contributed by atoms with E-state index in [9.17, 15) is 0 Å². The van der Waals surface area contributed by atoms with Crippen molar-refractivity contribution in [3.8, 4) is 6.07 Å². The minimum atomic E-state index is 0.485. The molecule has 4 rings (SSSR count). The first-order valence-electron chi connectivity index (χ1n) is 9.22. The van der Waals surface area contributed by atoms with Crippen LogP contribution in [-0.4, -0.2) is 23.8 Å². The summed E-state index contributed by atoms with van der Waals surface area (Å²) in [6.07, 6.45) is 0.485. The van der Waals surface area contributed by atoms with E-state index in [4.69, 9.17) is 10.2 Å². The molecule has 1 aliphatic rings. The van der Waals surface area contributed by atoms with Gasteiger partial charge in [-0.05, 0) is 30.7 Å². The second-order valence-corrected chi connectivity index (χ2v) is 7.90. The van der Waals surface area contributed by atoms with E-state index >= 15 is 0 Å². The second kappa shape index (κ2) is 7.89. The summed E-state index contributed by atoms with van der Waals surface area (Å²) in [5.74, 6) is 2.03. The van der Waals surface area contributed by atoms with Gasteiger partial charge in [0, 0.05) is 47.4 Å². The highest BCUT2D eigenvalue weighted by molar-refractivity contribution is 7.99. The van der Waals surface area contributed by atoms with Crippen molar-refractivity contribution in [2.24, 2.45) is 0 Å². The van der Waals surface area contributed by atoms with Gasteiger partial charge in [0.1, 0.15) is 5.82 Å². The van der Waals surface area contributed by atoms with Gasteiger partial charge in [0.25, 0.3) is 0 Å². The van der Waals surface area contributed by atoms with Crippen LogP contribution in [0.4, 0.5) is 11.5 Å². The Morgan fingerprint density at radius 2 is 2.11 bits per heavy atom. The lowest BCUT2D eigenvalue weighted by atomic mass is 10.1. The number of fused-ring (bicyclic) bond motifs is 2. The van der Waals surface area contributed by atoms with Crippen molar-refractivity contribution in [1.82, 2.24) is 4.98 Å². The fourth-order valence-electron chi connectivity index (χ4n) is 3.41. The van der Waals surface area contributed by atoms with Crippen LogP contribution < -0.4 is 10.2 Å². The predicted molar refractivity (Wildman–Crippen MR) is 113 cm³/mol. The Morgan fingerprint density at radius 1 is 1.22 bits per heavy atom. The number of rotatable bonds is 4. The third-order valence-corrected chi connectivity index (χ3v) is 5.88. The van der Waals surface area contributed by atoms with Gasteiger partial charge in [-0.3, -0.25) is 0 Å². The zero-order valence-electron chi connectivity index (χ0n) is 15.4. The third kappa shape index (κ3) is 3.86. The van der Waals surface area contributed by atoms with E-state index in [0.717, 1.165) is 41.3 Å². The molecule has 3 aromatic rings. The number of thioether (sulfide) groups is 1. The van der Waals surface area contributed by atoms with Gasteiger partial charge in [-0.15, -0.1) is 11.8 Å². The first-order chi connectivity index (χ1) is 13.2. The fourth-order valence-corrected chi connectivity index (χ4v) is 4.43. The molecule has 5 heteroatoms. The Morgan fingerprint density at radius 3 is 3.00 bits per heavy atom. The predicted octanol–water partition coefficient (Wildman–Crippen LogP) is 4.98. The summed E-state index contributed by atoms with van der Waals surface area (Å²) in [4.78, 5) is 8.67. The maximum Gasteiger partial charge on any atom is 0.131 e. The van der Waals surface area contributed by atoms with Crippen LogP contribution in [0, 0.1) is 18.3 Å². The van der Waals surface area contributed by atoms with E-state index in [1.807, 2.05) is 11.8 Å². The summed E-state index contributed by atoms with van der Waals surface area (Å²) in [6, 6.07) is 19.3.